The summed E-state index contributed by atoms with van der Waals surface area (Å²) in [6.07, 6.45) is 0.305. The summed E-state index contributed by atoms with van der Waals surface area (Å²) in [6.45, 7) is 2.25. The maximum absolute atomic E-state index is 12.1. The Kier molecular flexibility index (Phi) is 6.82. The number of carbonyl (C=O) groups excluding carboxylic acids is 1. The highest BCUT2D eigenvalue weighted by atomic mass is 16.5. The van der Waals surface area contributed by atoms with Crippen molar-refractivity contribution in [3.05, 3.63) is 65.7 Å². The Morgan fingerprint density at radius 2 is 1.79 bits per heavy atom. The van der Waals surface area contributed by atoms with Crippen LogP contribution in [0, 0.1) is 0 Å². The van der Waals surface area contributed by atoms with Gasteiger partial charge in [0, 0.05) is 19.4 Å². The number of aliphatic hydroxyl groups excluding tert-OH is 1. The lowest BCUT2D eigenvalue weighted by molar-refractivity contribution is -0.121. The van der Waals surface area contributed by atoms with Gasteiger partial charge in [0.15, 0.2) is 0 Å². The summed E-state index contributed by atoms with van der Waals surface area (Å²) in [7, 11) is 1.63. The molecule has 0 fully saturated rings. The summed E-state index contributed by atoms with van der Waals surface area (Å²) in [4.78, 5) is 12.1. The fourth-order valence-electron chi connectivity index (χ4n) is 2.72. The summed E-state index contributed by atoms with van der Waals surface area (Å²) in [6, 6.07) is 17.5. The second-order valence-electron chi connectivity index (χ2n) is 5.99. The van der Waals surface area contributed by atoms with Crippen molar-refractivity contribution in [2.45, 2.75) is 31.8 Å². The highest BCUT2D eigenvalue weighted by molar-refractivity contribution is 5.77. The van der Waals surface area contributed by atoms with Gasteiger partial charge in [-0.2, -0.15) is 0 Å². The standard InChI is InChI=1S/C20H25NO3/c1-15(18-10-6-7-11-19(18)24-2)12-20(23)21-14-17(22)13-16-8-4-3-5-9-16/h3-11,15,17,22H,12-14H2,1-2H3,(H,21,23). The lowest BCUT2D eigenvalue weighted by Gasteiger charge is -2.16. The van der Waals surface area contributed by atoms with Crippen LogP contribution in [0.3, 0.4) is 0 Å². The molecule has 0 aliphatic heterocycles. The molecule has 0 saturated heterocycles. The summed E-state index contributed by atoms with van der Waals surface area (Å²) in [5, 5.41) is 12.9. The van der Waals surface area contributed by atoms with Crippen LogP contribution in [0.4, 0.5) is 0 Å². The molecule has 0 radical (unpaired) electrons. The minimum absolute atomic E-state index is 0.0485. The Bertz CT molecular complexity index is 642. The van der Waals surface area contributed by atoms with Crippen molar-refractivity contribution >= 4 is 5.91 Å². The number of amides is 1. The van der Waals surface area contributed by atoms with E-state index in [1.807, 2.05) is 61.5 Å². The molecular weight excluding hydrogens is 302 g/mol. The van der Waals surface area contributed by atoms with Crippen LogP contribution >= 0.6 is 0 Å². The van der Waals surface area contributed by atoms with E-state index in [0.717, 1.165) is 16.9 Å². The Labute approximate surface area is 143 Å². The highest BCUT2D eigenvalue weighted by Gasteiger charge is 2.15. The van der Waals surface area contributed by atoms with Gasteiger partial charge in [-0.15, -0.1) is 0 Å². The molecule has 1 amide bonds. The number of nitrogens with one attached hydrogen (secondary N) is 1. The molecule has 128 valence electrons. The van der Waals surface area contributed by atoms with E-state index in [9.17, 15) is 9.90 Å². The molecule has 2 N–H and O–H groups in total. The topological polar surface area (TPSA) is 58.6 Å². The number of benzene rings is 2. The molecule has 4 nitrogen and oxygen atoms in total. The van der Waals surface area contributed by atoms with Crippen LogP contribution in [-0.4, -0.2) is 30.8 Å². The number of hydrogen-bond donors (Lipinski definition) is 2. The van der Waals surface area contributed by atoms with Crippen LogP contribution in [0.1, 0.15) is 30.4 Å². The summed E-state index contributed by atoms with van der Waals surface area (Å²) >= 11 is 0. The number of aliphatic hydroxyl groups is 1. The first-order valence-corrected chi connectivity index (χ1v) is 8.21. The predicted molar refractivity (Wildman–Crippen MR) is 95.2 cm³/mol. The van der Waals surface area contributed by atoms with Gasteiger partial charge >= 0.3 is 0 Å². The minimum Gasteiger partial charge on any atom is -0.496 e. The molecule has 0 bridgehead atoms. The van der Waals surface area contributed by atoms with Crippen LogP contribution in [0.5, 0.6) is 5.75 Å². The van der Waals surface area contributed by atoms with Gasteiger partial charge in [-0.1, -0.05) is 55.5 Å². The lowest BCUT2D eigenvalue weighted by atomic mass is 9.96. The van der Waals surface area contributed by atoms with Crippen molar-refractivity contribution < 1.29 is 14.6 Å². The van der Waals surface area contributed by atoms with Crippen molar-refractivity contribution in [1.82, 2.24) is 5.32 Å². The van der Waals surface area contributed by atoms with E-state index >= 15 is 0 Å². The summed E-state index contributed by atoms with van der Waals surface area (Å²) in [5.41, 5.74) is 2.07. The fraction of sp³-hybridized carbons (Fsp3) is 0.350. The summed E-state index contributed by atoms with van der Waals surface area (Å²) < 4.78 is 5.34. The van der Waals surface area contributed by atoms with E-state index in [-0.39, 0.29) is 18.4 Å². The maximum Gasteiger partial charge on any atom is 0.220 e. The normalized spacial score (nSPS) is 13.1. The third-order valence-electron chi connectivity index (χ3n) is 4.01. The number of para-hydroxylation sites is 1. The zero-order valence-electron chi connectivity index (χ0n) is 14.2. The predicted octanol–water partition coefficient (Wildman–Crippen LogP) is 2.91. The molecule has 0 aliphatic rings. The average molecular weight is 327 g/mol. The van der Waals surface area contributed by atoms with Crippen molar-refractivity contribution in [3.63, 3.8) is 0 Å². The Balaban J connectivity index is 1.80. The van der Waals surface area contributed by atoms with E-state index in [0.29, 0.717) is 12.8 Å². The molecule has 0 spiro atoms. The first-order chi connectivity index (χ1) is 11.6. The number of hydrogen-bond acceptors (Lipinski definition) is 3. The van der Waals surface area contributed by atoms with Gasteiger partial charge in [0.25, 0.3) is 0 Å². The van der Waals surface area contributed by atoms with Crippen molar-refractivity contribution in [1.29, 1.82) is 0 Å². The summed E-state index contributed by atoms with van der Waals surface area (Å²) in [5.74, 6) is 0.773. The largest absolute Gasteiger partial charge is 0.496 e. The van der Waals surface area contributed by atoms with E-state index in [1.54, 1.807) is 7.11 Å². The molecule has 0 aliphatic carbocycles. The molecule has 2 aromatic carbocycles. The molecule has 2 rings (SSSR count). The van der Waals surface area contributed by atoms with Gasteiger partial charge in [0.2, 0.25) is 5.91 Å². The van der Waals surface area contributed by atoms with Crippen molar-refractivity contribution in [2.75, 3.05) is 13.7 Å². The fourth-order valence-corrected chi connectivity index (χ4v) is 2.72. The molecule has 24 heavy (non-hydrogen) atoms. The molecule has 0 saturated carbocycles. The van der Waals surface area contributed by atoms with Gasteiger partial charge in [-0.05, 0) is 23.1 Å². The third kappa shape index (κ3) is 5.39. The number of rotatable bonds is 8. The highest BCUT2D eigenvalue weighted by Crippen LogP contribution is 2.28. The number of ether oxygens (including phenoxy) is 1. The zero-order chi connectivity index (χ0) is 17.4. The van der Waals surface area contributed by atoms with E-state index in [1.165, 1.54) is 0 Å². The Morgan fingerprint density at radius 3 is 2.50 bits per heavy atom. The molecule has 0 aromatic heterocycles. The van der Waals surface area contributed by atoms with Gasteiger partial charge < -0.3 is 15.2 Å². The van der Waals surface area contributed by atoms with E-state index < -0.39 is 6.10 Å². The monoisotopic (exact) mass is 327 g/mol. The van der Waals surface area contributed by atoms with Crippen LogP contribution in [-0.2, 0) is 11.2 Å². The van der Waals surface area contributed by atoms with E-state index in [4.69, 9.17) is 4.74 Å². The first kappa shape index (κ1) is 18.0. The van der Waals surface area contributed by atoms with Crippen LogP contribution < -0.4 is 10.1 Å². The van der Waals surface area contributed by atoms with Crippen LogP contribution in [0.25, 0.3) is 0 Å². The number of carbonyl (C=O) groups is 1. The average Bonchev–Trinajstić information content (AvgIpc) is 2.60. The second-order valence-corrected chi connectivity index (χ2v) is 5.99. The Hall–Kier alpha value is -2.33. The van der Waals surface area contributed by atoms with Gasteiger partial charge in [-0.25, -0.2) is 0 Å². The molecule has 0 heterocycles. The zero-order valence-corrected chi connectivity index (χ0v) is 14.2. The third-order valence-corrected chi connectivity index (χ3v) is 4.01. The van der Waals surface area contributed by atoms with E-state index in [2.05, 4.69) is 5.32 Å². The molecule has 2 aromatic rings. The molecule has 2 atom stereocenters. The van der Waals surface area contributed by atoms with Crippen LogP contribution in [0.15, 0.2) is 54.6 Å². The van der Waals surface area contributed by atoms with Crippen molar-refractivity contribution in [2.24, 2.45) is 0 Å². The Morgan fingerprint density at radius 1 is 1.12 bits per heavy atom. The van der Waals surface area contributed by atoms with Gasteiger partial charge in [0.05, 0.1) is 13.2 Å². The molecular formula is C20H25NO3. The van der Waals surface area contributed by atoms with Gasteiger partial charge in [0.1, 0.15) is 5.75 Å². The molecule has 4 heteroatoms. The minimum atomic E-state index is -0.585. The van der Waals surface area contributed by atoms with Gasteiger partial charge in [-0.3, -0.25) is 4.79 Å². The second kappa shape index (κ2) is 9.08. The van der Waals surface area contributed by atoms with Crippen LogP contribution in [0.2, 0.25) is 0 Å². The lowest BCUT2D eigenvalue weighted by Crippen LogP contribution is -2.33. The smallest absolute Gasteiger partial charge is 0.220 e. The maximum atomic E-state index is 12.1. The van der Waals surface area contributed by atoms with Crippen molar-refractivity contribution in [3.8, 4) is 5.75 Å². The number of methoxy groups -OCH3 is 1. The molecule has 2 unspecified atom stereocenters. The first-order valence-electron chi connectivity index (χ1n) is 8.21. The quantitative estimate of drug-likeness (QED) is 0.784. The SMILES string of the molecule is COc1ccccc1C(C)CC(=O)NCC(O)Cc1ccccc1.